The van der Waals surface area contributed by atoms with Gasteiger partial charge in [-0.25, -0.2) is 13.2 Å². The van der Waals surface area contributed by atoms with E-state index in [9.17, 15) is 23.4 Å². The summed E-state index contributed by atoms with van der Waals surface area (Å²) in [5.41, 5.74) is -0.215. The highest BCUT2D eigenvalue weighted by atomic mass is 35.5. The van der Waals surface area contributed by atoms with Crippen LogP contribution in [0.5, 0.6) is 0 Å². The van der Waals surface area contributed by atoms with E-state index in [1.807, 2.05) is 0 Å². The molecule has 1 heterocycles. The second-order valence-electron chi connectivity index (χ2n) is 4.41. The van der Waals surface area contributed by atoms with Gasteiger partial charge in [0.2, 0.25) is 10.0 Å². The molecule has 1 aliphatic heterocycles. The zero-order valence-electron chi connectivity index (χ0n) is 10.1. The highest BCUT2D eigenvalue weighted by molar-refractivity contribution is 7.89. The number of aliphatic hydroxyl groups is 2. The Morgan fingerprint density at radius 1 is 1.25 bits per heavy atom. The number of halogens is 1. The lowest BCUT2D eigenvalue weighted by Crippen LogP contribution is -2.30. The second kappa shape index (κ2) is 5.30. The molecule has 20 heavy (non-hydrogen) atoms. The van der Waals surface area contributed by atoms with Crippen molar-refractivity contribution in [2.75, 3.05) is 13.1 Å². The molecule has 1 saturated heterocycles. The van der Waals surface area contributed by atoms with Crippen molar-refractivity contribution >= 4 is 27.6 Å². The Morgan fingerprint density at radius 2 is 1.80 bits per heavy atom. The molecule has 0 bridgehead atoms. The number of carbonyl (C=O) groups is 1. The molecule has 1 aromatic rings. The highest BCUT2D eigenvalue weighted by Gasteiger charge is 2.38. The summed E-state index contributed by atoms with van der Waals surface area (Å²) in [5.74, 6) is -1.28. The Bertz CT molecular complexity index is 636. The summed E-state index contributed by atoms with van der Waals surface area (Å²) in [5, 5.41) is 27.6. The molecular formula is C11H12ClNO6S. The van der Waals surface area contributed by atoms with Crippen LogP contribution in [0.3, 0.4) is 0 Å². The fourth-order valence-corrected chi connectivity index (χ4v) is 3.88. The van der Waals surface area contributed by atoms with Gasteiger partial charge in [0.15, 0.2) is 0 Å². The quantitative estimate of drug-likeness (QED) is 0.708. The Balaban J connectivity index is 2.44. The smallest absolute Gasteiger partial charge is 0.335 e. The topological polar surface area (TPSA) is 115 Å². The van der Waals surface area contributed by atoms with Crippen LogP contribution in [0.1, 0.15) is 10.4 Å². The number of nitrogens with zero attached hydrogens (tertiary/aromatic N) is 1. The largest absolute Gasteiger partial charge is 0.478 e. The number of sulfonamides is 1. The number of rotatable bonds is 3. The van der Waals surface area contributed by atoms with E-state index in [0.29, 0.717) is 0 Å². The monoisotopic (exact) mass is 321 g/mol. The standard InChI is InChI=1S/C11H12ClNO6S/c12-7-2-1-6(11(16)17)3-10(7)20(18,19)13-4-8(14)9(15)5-13/h1-3,8-9,14-15H,4-5H2,(H,16,17)/t8-,9+. The van der Waals surface area contributed by atoms with Gasteiger partial charge in [-0.15, -0.1) is 0 Å². The normalized spacial score (nSPS) is 23.9. The van der Waals surface area contributed by atoms with Gasteiger partial charge >= 0.3 is 5.97 Å². The summed E-state index contributed by atoms with van der Waals surface area (Å²) < 4.78 is 25.6. The molecule has 0 spiro atoms. The summed E-state index contributed by atoms with van der Waals surface area (Å²) in [6.45, 7) is -0.533. The second-order valence-corrected chi connectivity index (χ2v) is 6.72. The van der Waals surface area contributed by atoms with E-state index in [0.717, 1.165) is 10.4 Å². The van der Waals surface area contributed by atoms with Crippen LogP contribution in [0.15, 0.2) is 23.1 Å². The van der Waals surface area contributed by atoms with Gasteiger partial charge in [-0.3, -0.25) is 0 Å². The number of aromatic carboxylic acids is 1. The van der Waals surface area contributed by atoms with Crippen molar-refractivity contribution < 1.29 is 28.5 Å². The SMILES string of the molecule is O=C(O)c1ccc(Cl)c(S(=O)(=O)N2C[C@@H](O)[C@@H](O)C2)c1. The zero-order valence-corrected chi connectivity index (χ0v) is 11.7. The van der Waals surface area contributed by atoms with Crippen molar-refractivity contribution in [1.29, 1.82) is 0 Å². The van der Waals surface area contributed by atoms with Crippen molar-refractivity contribution in [3.05, 3.63) is 28.8 Å². The summed E-state index contributed by atoms with van der Waals surface area (Å²) in [6, 6.07) is 3.33. The molecule has 0 aliphatic carbocycles. The van der Waals surface area contributed by atoms with Crippen molar-refractivity contribution in [3.8, 4) is 0 Å². The average Bonchev–Trinajstić information content (AvgIpc) is 2.70. The molecule has 3 N–H and O–H groups in total. The van der Waals surface area contributed by atoms with Gasteiger partial charge in [0.1, 0.15) is 4.90 Å². The van der Waals surface area contributed by atoms with Gasteiger partial charge < -0.3 is 15.3 Å². The molecule has 0 saturated carbocycles. The molecule has 0 radical (unpaired) electrons. The van der Waals surface area contributed by atoms with Crippen molar-refractivity contribution in [2.24, 2.45) is 0 Å². The van der Waals surface area contributed by atoms with Gasteiger partial charge in [0.05, 0.1) is 22.8 Å². The Hall–Kier alpha value is -1.19. The molecule has 1 aromatic carbocycles. The number of β-amino-alcohol motifs (C(OH)–C–C–N with tert-alkyl or cyclic N) is 2. The van der Waals surface area contributed by atoms with Crippen LogP contribution in [0.4, 0.5) is 0 Å². The fraction of sp³-hybridized carbons (Fsp3) is 0.364. The van der Waals surface area contributed by atoms with E-state index >= 15 is 0 Å². The predicted octanol–water partition coefficient (Wildman–Crippen LogP) is -0.236. The van der Waals surface area contributed by atoms with E-state index in [1.165, 1.54) is 12.1 Å². The minimum absolute atomic E-state index is 0.120. The first kappa shape index (κ1) is 15.2. The van der Waals surface area contributed by atoms with Gasteiger partial charge in [0, 0.05) is 13.1 Å². The Labute approximate surface area is 120 Å². The molecule has 2 rings (SSSR count). The van der Waals surface area contributed by atoms with E-state index < -0.39 is 28.2 Å². The van der Waals surface area contributed by atoms with Crippen molar-refractivity contribution in [3.63, 3.8) is 0 Å². The van der Waals surface area contributed by atoms with E-state index in [1.54, 1.807) is 0 Å². The molecule has 2 atom stereocenters. The summed E-state index contributed by atoms with van der Waals surface area (Å²) >= 11 is 5.81. The maximum atomic E-state index is 12.3. The highest BCUT2D eigenvalue weighted by Crippen LogP contribution is 2.28. The number of carboxylic acid groups (broad SMARTS) is 1. The number of benzene rings is 1. The van der Waals surface area contributed by atoms with Crippen LogP contribution in [0.25, 0.3) is 0 Å². The summed E-state index contributed by atoms with van der Waals surface area (Å²) in [7, 11) is -4.07. The van der Waals surface area contributed by atoms with E-state index in [2.05, 4.69) is 0 Å². The first-order valence-corrected chi connectivity index (χ1v) is 7.44. The Kier molecular flexibility index (Phi) is 4.03. The van der Waals surface area contributed by atoms with Crippen LogP contribution in [-0.2, 0) is 10.0 Å². The molecule has 0 aromatic heterocycles. The molecule has 0 amide bonds. The molecular weight excluding hydrogens is 310 g/mol. The number of carboxylic acids is 1. The van der Waals surface area contributed by atoms with Crippen LogP contribution in [0, 0.1) is 0 Å². The first-order valence-electron chi connectivity index (χ1n) is 5.62. The lowest BCUT2D eigenvalue weighted by atomic mass is 10.2. The zero-order chi connectivity index (χ0) is 15.1. The van der Waals surface area contributed by atoms with Crippen LogP contribution < -0.4 is 0 Å². The Morgan fingerprint density at radius 3 is 2.30 bits per heavy atom. The molecule has 1 aliphatic rings. The van der Waals surface area contributed by atoms with E-state index in [4.69, 9.17) is 16.7 Å². The number of hydrogen-bond donors (Lipinski definition) is 3. The van der Waals surface area contributed by atoms with Gasteiger partial charge in [-0.2, -0.15) is 4.31 Å². The average molecular weight is 322 g/mol. The summed E-state index contributed by atoms with van der Waals surface area (Å²) in [4.78, 5) is 10.5. The molecule has 7 nitrogen and oxygen atoms in total. The molecule has 1 fully saturated rings. The van der Waals surface area contributed by atoms with Crippen LogP contribution in [-0.4, -0.2) is 59.3 Å². The van der Waals surface area contributed by atoms with Gasteiger partial charge in [-0.1, -0.05) is 11.6 Å². The van der Waals surface area contributed by atoms with E-state index in [-0.39, 0.29) is 28.6 Å². The molecule has 110 valence electrons. The minimum Gasteiger partial charge on any atom is -0.478 e. The van der Waals surface area contributed by atoms with Crippen molar-refractivity contribution in [2.45, 2.75) is 17.1 Å². The van der Waals surface area contributed by atoms with Gasteiger partial charge in [-0.05, 0) is 18.2 Å². The van der Waals surface area contributed by atoms with Gasteiger partial charge in [0.25, 0.3) is 0 Å². The maximum Gasteiger partial charge on any atom is 0.335 e. The molecule has 0 unspecified atom stereocenters. The number of hydrogen-bond acceptors (Lipinski definition) is 5. The minimum atomic E-state index is -4.07. The third-order valence-corrected chi connectivity index (χ3v) is 5.33. The van der Waals surface area contributed by atoms with Crippen molar-refractivity contribution in [1.82, 2.24) is 4.31 Å². The lowest BCUT2D eigenvalue weighted by Gasteiger charge is -2.16. The molecule has 9 heteroatoms. The fourth-order valence-electron chi connectivity index (χ4n) is 1.90. The van der Waals surface area contributed by atoms with Crippen LogP contribution in [0.2, 0.25) is 5.02 Å². The maximum absolute atomic E-state index is 12.3. The third-order valence-electron chi connectivity index (χ3n) is 3.02. The lowest BCUT2D eigenvalue weighted by molar-refractivity contribution is 0.0572. The predicted molar refractivity (Wildman–Crippen MR) is 69.2 cm³/mol. The third kappa shape index (κ3) is 2.65. The first-order chi connectivity index (χ1) is 9.23. The van der Waals surface area contributed by atoms with Crippen LogP contribution >= 0.6 is 11.6 Å². The number of aliphatic hydroxyl groups excluding tert-OH is 2. The summed E-state index contributed by atoms with van der Waals surface area (Å²) in [6.07, 6.45) is -2.35.